The van der Waals surface area contributed by atoms with Crippen LogP contribution in [0.1, 0.15) is 20.7 Å². The van der Waals surface area contributed by atoms with Gasteiger partial charge in [0.1, 0.15) is 5.52 Å². The summed E-state index contributed by atoms with van der Waals surface area (Å²) in [6.45, 7) is 0. The molecule has 32 heavy (non-hydrogen) atoms. The van der Waals surface area contributed by atoms with Crippen LogP contribution in [-0.2, 0) is 0 Å². The maximum atomic E-state index is 13.4. The van der Waals surface area contributed by atoms with E-state index < -0.39 is 0 Å². The maximum Gasteiger partial charge on any atom is 0.266 e. The van der Waals surface area contributed by atoms with Crippen molar-refractivity contribution in [3.63, 3.8) is 0 Å². The zero-order valence-electron chi connectivity index (χ0n) is 16.9. The fraction of sp³-hybridized carbons (Fsp3) is 0. The van der Waals surface area contributed by atoms with Gasteiger partial charge in [-0.15, -0.1) is 0 Å². The summed E-state index contributed by atoms with van der Waals surface area (Å²) in [6, 6.07) is 29.8. The molecule has 0 saturated carbocycles. The Morgan fingerprint density at radius 1 is 0.625 bits per heavy atom. The molecule has 0 atom stereocenters. The lowest BCUT2D eigenvalue weighted by atomic mass is 10.0. The summed E-state index contributed by atoms with van der Waals surface area (Å²) in [4.78, 5) is 32.4. The fourth-order valence-corrected chi connectivity index (χ4v) is 4.12. The number of fused-ring (bicyclic) bond motifs is 2. The zero-order chi connectivity index (χ0) is 21.7. The molecule has 0 spiro atoms. The highest BCUT2D eigenvalue weighted by Gasteiger charge is 2.38. The summed E-state index contributed by atoms with van der Waals surface area (Å²) < 4.78 is 5.84. The Hall–Kier alpha value is -4.51. The molecule has 152 valence electrons. The average Bonchev–Trinajstić information content (AvgIpc) is 3.38. The van der Waals surface area contributed by atoms with Gasteiger partial charge >= 0.3 is 0 Å². The van der Waals surface area contributed by atoms with E-state index in [9.17, 15) is 9.59 Å². The molecule has 0 unspecified atom stereocenters. The molecule has 2 amide bonds. The number of hydrogen-bond donors (Lipinski definition) is 0. The van der Waals surface area contributed by atoms with Crippen LogP contribution in [0, 0.1) is 0 Å². The number of imide groups is 1. The van der Waals surface area contributed by atoms with Crippen molar-refractivity contribution in [3.05, 3.63) is 108 Å². The van der Waals surface area contributed by atoms with E-state index in [1.807, 2.05) is 72.8 Å². The van der Waals surface area contributed by atoms with E-state index in [4.69, 9.17) is 4.42 Å². The second kappa shape index (κ2) is 7.03. The van der Waals surface area contributed by atoms with Crippen molar-refractivity contribution >= 4 is 28.6 Å². The van der Waals surface area contributed by atoms with Crippen molar-refractivity contribution in [2.24, 2.45) is 0 Å². The van der Waals surface area contributed by atoms with Gasteiger partial charge in [-0.05, 0) is 42.0 Å². The predicted molar refractivity (Wildman–Crippen MR) is 122 cm³/mol. The third kappa shape index (κ3) is 2.76. The van der Waals surface area contributed by atoms with Crippen LogP contribution in [0.5, 0.6) is 0 Å². The monoisotopic (exact) mass is 416 g/mol. The van der Waals surface area contributed by atoms with Crippen molar-refractivity contribution in [2.45, 2.75) is 0 Å². The van der Waals surface area contributed by atoms with Gasteiger partial charge < -0.3 is 4.42 Å². The van der Waals surface area contributed by atoms with Gasteiger partial charge in [-0.2, -0.15) is 0 Å². The Balaban J connectivity index is 1.44. The lowest BCUT2D eigenvalue weighted by Gasteiger charge is -2.18. The summed E-state index contributed by atoms with van der Waals surface area (Å²) in [5.41, 5.74) is 5.10. The third-order valence-corrected chi connectivity index (χ3v) is 5.66. The van der Waals surface area contributed by atoms with E-state index in [1.54, 1.807) is 24.3 Å². The van der Waals surface area contributed by atoms with Crippen LogP contribution < -0.4 is 4.90 Å². The molecular formula is C27H16N2O3. The number of hydrogen-bond acceptors (Lipinski definition) is 4. The molecule has 0 aliphatic carbocycles. The van der Waals surface area contributed by atoms with Gasteiger partial charge in [0.05, 0.1) is 16.8 Å². The number of carbonyl (C=O) groups is 2. The molecule has 5 nitrogen and oxygen atoms in total. The van der Waals surface area contributed by atoms with E-state index in [2.05, 4.69) is 4.98 Å². The van der Waals surface area contributed by atoms with Crippen molar-refractivity contribution in [3.8, 4) is 22.6 Å². The van der Waals surface area contributed by atoms with Crippen molar-refractivity contribution < 1.29 is 14.0 Å². The molecular weight excluding hydrogens is 400 g/mol. The molecule has 0 N–H and O–H groups in total. The maximum absolute atomic E-state index is 13.4. The number of nitrogens with zero attached hydrogens (tertiary/aromatic N) is 2. The summed E-state index contributed by atoms with van der Waals surface area (Å²) in [7, 11) is 0. The van der Waals surface area contributed by atoms with Gasteiger partial charge in [-0.3, -0.25) is 9.59 Å². The van der Waals surface area contributed by atoms with Crippen molar-refractivity contribution in [2.75, 3.05) is 4.90 Å². The normalized spacial score (nSPS) is 13.1. The highest BCUT2D eigenvalue weighted by Crippen LogP contribution is 2.37. The Morgan fingerprint density at radius 3 is 2.19 bits per heavy atom. The minimum Gasteiger partial charge on any atom is -0.436 e. The Bertz CT molecular complexity index is 1490. The summed E-state index contributed by atoms with van der Waals surface area (Å²) in [5, 5.41) is 0. The van der Waals surface area contributed by atoms with Crippen molar-refractivity contribution in [1.82, 2.24) is 4.98 Å². The van der Waals surface area contributed by atoms with E-state index in [1.165, 1.54) is 4.90 Å². The number of aromatic nitrogens is 1. The van der Waals surface area contributed by atoms with Gasteiger partial charge in [-0.25, -0.2) is 9.88 Å². The quantitative estimate of drug-likeness (QED) is 0.340. The van der Waals surface area contributed by atoms with Crippen LogP contribution in [0.2, 0.25) is 0 Å². The summed E-state index contributed by atoms with van der Waals surface area (Å²) in [6.07, 6.45) is 0. The molecule has 4 aromatic carbocycles. The molecule has 2 heterocycles. The Kier molecular flexibility index (Phi) is 4.01. The third-order valence-electron chi connectivity index (χ3n) is 5.66. The highest BCUT2D eigenvalue weighted by molar-refractivity contribution is 6.35. The standard InChI is InChI=1S/C27H16N2O3/c30-26-20-15-14-18(25-28-22-11-5-7-13-24(22)32-25)16-21(20)27(31)29(26)23-12-6-4-10-19(23)17-8-2-1-3-9-17/h1-16H. The SMILES string of the molecule is O=C1c2ccc(-c3nc4ccccc4o3)cc2C(=O)N1c1ccccc1-c1ccccc1. The summed E-state index contributed by atoms with van der Waals surface area (Å²) in [5.74, 6) is -0.277. The largest absolute Gasteiger partial charge is 0.436 e. The van der Waals surface area contributed by atoms with E-state index in [0.717, 1.165) is 16.6 Å². The first-order valence-electron chi connectivity index (χ1n) is 10.2. The van der Waals surface area contributed by atoms with Gasteiger partial charge in [0.15, 0.2) is 5.58 Å². The van der Waals surface area contributed by atoms with Gasteiger partial charge in [0.25, 0.3) is 11.8 Å². The lowest BCUT2D eigenvalue weighted by Crippen LogP contribution is -2.29. The first-order valence-corrected chi connectivity index (χ1v) is 10.2. The Morgan fingerprint density at radius 2 is 1.34 bits per heavy atom. The average molecular weight is 416 g/mol. The molecule has 0 saturated heterocycles. The van der Waals surface area contributed by atoms with Crippen molar-refractivity contribution in [1.29, 1.82) is 0 Å². The second-order valence-corrected chi connectivity index (χ2v) is 7.58. The fourth-order valence-electron chi connectivity index (χ4n) is 4.12. The van der Waals surface area contributed by atoms with E-state index in [-0.39, 0.29) is 11.8 Å². The predicted octanol–water partition coefficient (Wildman–Crippen LogP) is 5.96. The second-order valence-electron chi connectivity index (χ2n) is 7.58. The van der Waals surface area contributed by atoms with Crippen LogP contribution in [0.25, 0.3) is 33.7 Å². The van der Waals surface area contributed by atoms with Crippen LogP contribution in [0.15, 0.2) is 101 Å². The molecule has 0 bridgehead atoms. The molecule has 5 heteroatoms. The van der Waals surface area contributed by atoms with Crippen LogP contribution in [-0.4, -0.2) is 16.8 Å². The van der Waals surface area contributed by atoms with Crippen LogP contribution >= 0.6 is 0 Å². The smallest absolute Gasteiger partial charge is 0.266 e. The van der Waals surface area contributed by atoms with Gasteiger partial charge in [-0.1, -0.05) is 60.7 Å². The molecule has 6 rings (SSSR count). The minimum atomic E-state index is -0.355. The number of oxazole rings is 1. The molecule has 0 fully saturated rings. The van der Waals surface area contributed by atoms with E-state index in [0.29, 0.717) is 33.9 Å². The minimum absolute atomic E-state index is 0.336. The highest BCUT2D eigenvalue weighted by atomic mass is 16.3. The Labute approximate surface area is 183 Å². The number of rotatable bonds is 3. The summed E-state index contributed by atoms with van der Waals surface area (Å²) >= 11 is 0. The van der Waals surface area contributed by atoms with Crippen LogP contribution in [0.3, 0.4) is 0 Å². The first-order chi connectivity index (χ1) is 15.7. The zero-order valence-corrected chi connectivity index (χ0v) is 16.9. The van der Waals surface area contributed by atoms with Gasteiger partial charge in [0.2, 0.25) is 5.89 Å². The van der Waals surface area contributed by atoms with Crippen LogP contribution in [0.4, 0.5) is 5.69 Å². The molecule has 1 aliphatic rings. The molecule has 5 aromatic rings. The molecule has 0 radical (unpaired) electrons. The lowest BCUT2D eigenvalue weighted by molar-refractivity contribution is 0.0926. The number of anilines is 1. The van der Waals surface area contributed by atoms with Gasteiger partial charge in [0, 0.05) is 11.1 Å². The number of benzene rings is 4. The first kappa shape index (κ1) is 18.3. The number of para-hydroxylation sites is 3. The molecule has 1 aliphatic heterocycles. The topological polar surface area (TPSA) is 63.4 Å². The van der Waals surface area contributed by atoms with E-state index >= 15 is 0 Å². The number of carbonyl (C=O) groups excluding carboxylic acids is 2. The molecule has 1 aromatic heterocycles. The number of amides is 2.